The smallest absolute Gasteiger partial charge is 0.160 e. The van der Waals surface area contributed by atoms with Crippen molar-refractivity contribution in [1.82, 2.24) is 15.0 Å². The molecule has 0 aliphatic heterocycles. The molecule has 8 aromatic rings. The lowest BCUT2D eigenvalue weighted by Gasteiger charge is -2.11. The molecule has 4 nitrogen and oxygen atoms in total. The molecule has 0 atom stereocenters. The van der Waals surface area contributed by atoms with Crippen molar-refractivity contribution in [3.8, 4) is 45.2 Å². The van der Waals surface area contributed by atoms with Crippen molar-refractivity contribution in [2.45, 2.75) is 0 Å². The number of rotatable bonds is 4. The van der Waals surface area contributed by atoms with Gasteiger partial charge in [0.1, 0.15) is 11.2 Å². The molecular formula is C37H23N3O. The van der Waals surface area contributed by atoms with Gasteiger partial charge in [0.15, 0.2) is 5.82 Å². The molecule has 0 aliphatic rings. The normalized spacial score (nSPS) is 11.4. The number of para-hydroxylation sites is 1. The highest BCUT2D eigenvalue weighted by molar-refractivity contribution is 6.19. The molecule has 4 heteroatoms. The summed E-state index contributed by atoms with van der Waals surface area (Å²) in [6.07, 6.45) is 0. The Morgan fingerprint density at radius 2 is 1.05 bits per heavy atom. The first-order valence-corrected chi connectivity index (χ1v) is 13.6. The minimum Gasteiger partial charge on any atom is -0.455 e. The van der Waals surface area contributed by atoms with Gasteiger partial charge in [0.05, 0.1) is 28.0 Å². The molecule has 0 unspecified atom stereocenters. The van der Waals surface area contributed by atoms with E-state index in [9.17, 15) is 0 Å². The SMILES string of the molecule is c1ccc(-c2cc(-c3ccc4nc(-c5ccccc5)c5c6ccccc6oc5c4c3)nc(-c3ccccc3)n2)cc1. The average Bonchev–Trinajstić information content (AvgIpc) is 3.45. The maximum Gasteiger partial charge on any atom is 0.160 e. The lowest BCUT2D eigenvalue weighted by atomic mass is 10.0. The predicted octanol–water partition coefficient (Wildman–Crippen LogP) is 9.59. The van der Waals surface area contributed by atoms with Gasteiger partial charge in [-0.1, -0.05) is 115 Å². The zero-order valence-corrected chi connectivity index (χ0v) is 22.0. The van der Waals surface area contributed by atoms with Crippen LogP contribution in [0.25, 0.3) is 78.0 Å². The van der Waals surface area contributed by atoms with Gasteiger partial charge in [-0.2, -0.15) is 0 Å². The number of furan rings is 1. The average molecular weight is 526 g/mol. The Hall–Kier alpha value is -5.61. The summed E-state index contributed by atoms with van der Waals surface area (Å²) in [5.74, 6) is 0.688. The third kappa shape index (κ3) is 4.05. The van der Waals surface area contributed by atoms with Crippen LogP contribution in [0.15, 0.2) is 144 Å². The second-order valence-electron chi connectivity index (χ2n) is 10.1. The quantitative estimate of drug-likeness (QED) is 0.230. The van der Waals surface area contributed by atoms with Crippen LogP contribution in [0.2, 0.25) is 0 Å². The fourth-order valence-corrected chi connectivity index (χ4v) is 5.49. The monoisotopic (exact) mass is 525 g/mol. The molecular weight excluding hydrogens is 502 g/mol. The number of fused-ring (bicyclic) bond motifs is 5. The molecule has 0 saturated heterocycles. The van der Waals surface area contributed by atoms with Crippen molar-refractivity contribution in [3.05, 3.63) is 140 Å². The van der Waals surface area contributed by atoms with Crippen molar-refractivity contribution in [1.29, 1.82) is 0 Å². The van der Waals surface area contributed by atoms with E-state index in [2.05, 4.69) is 54.6 Å². The van der Waals surface area contributed by atoms with Crippen LogP contribution in [0.1, 0.15) is 0 Å². The van der Waals surface area contributed by atoms with Crippen LogP contribution in [-0.4, -0.2) is 15.0 Å². The van der Waals surface area contributed by atoms with Gasteiger partial charge in [-0.05, 0) is 24.3 Å². The minimum absolute atomic E-state index is 0.688. The summed E-state index contributed by atoms with van der Waals surface area (Å²) in [5, 5.41) is 3.03. The first-order chi connectivity index (χ1) is 20.3. The molecule has 0 aliphatic carbocycles. The number of benzene rings is 5. The Kier molecular flexibility index (Phi) is 5.42. The lowest BCUT2D eigenvalue weighted by Crippen LogP contribution is -1.96. The van der Waals surface area contributed by atoms with Gasteiger partial charge in [0.2, 0.25) is 0 Å². The van der Waals surface area contributed by atoms with Crippen LogP contribution < -0.4 is 0 Å². The van der Waals surface area contributed by atoms with Crippen LogP contribution in [-0.2, 0) is 0 Å². The van der Waals surface area contributed by atoms with Gasteiger partial charge in [-0.25, -0.2) is 15.0 Å². The molecule has 0 spiro atoms. The van der Waals surface area contributed by atoms with E-state index in [1.165, 1.54) is 0 Å². The van der Waals surface area contributed by atoms with E-state index in [0.29, 0.717) is 5.82 Å². The van der Waals surface area contributed by atoms with Crippen molar-refractivity contribution in [3.63, 3.8) is 0 Å². The van der Waals surface area contributed by atoms with Crippen molar-refractivity contribution < 1.29 is 4.42 Å². The Bertz CT molecular complexity index is 2130. The van der Waals surface area contributed by atoms with Gasteiger partial charge in [-0.3, -0.25) is 0 Å². The van der Waals surface area contributed by atoms with Crippen LogP contribution in [0, 0.1) is 0 Å². The van der Waals surface area contributed by atoms with E-state index in [4.69, 9.17) is 19.4 Å². The van der Waals surface area contributed by atoms with Crippen LogP contribution in [0.5, 0.6) is 0 Å². The lowest BCUT2D eigenvalue weighted by molar-refractivity contribution is 0.672. The predicted molar refractivity (Wildman–Crippen MR) is 166 cm³/mol. The van der Waals surface area contributed by atoms with E-state index < -0.39 is 0 Å². The number of aromatic nitrogens is 3. The number of hydrogen-bond acceptors (Lipinski definition) is 4. The summed E-state index contributed by atoms with van der Waals surface area (Å²) < 4.78 is 6.53. The zero-order valence-electron chi connectivity index (χ0n) is 22.0. The molecule has 0 amide bonds. The molecule has 41 heavy (non-hydrogen) atoms. The van der Waals surface area contributed by atoms with Gasteiger partial charge in [-0.15, -0.1) is 0 Å². The molecule has 3 aromatic heterocycles. The van der Waals surface area contributed by atoms with Crippen molar-refractivity contribution in [2.75, 3.05) is 0 Å². The first-order valence-electron chi connectivity index (χ1n) is 13.6. The maximum absolute atomic E-state index is 6.53. The summed E-state index contributed by atoms with van der Waals surface area (Å²) in [6, 6.07) is 47.2. The Morgan fingerprint density at radius 1 is 0.439 bits per heavy atom. The molecule has 3 heterocycles. The Morgan fingerprint density at radius 3 is 1.78 bits per heavy atom. The van der Waals surface area contributed by atoms with E-state index in [1.807, 2.05) is 84.9 Å². The van der Waals surface area contributed by atoms with E-state index in [1.54, 1.807) is 0 Å². The second kappa shape index (κ2) is 9.54. The topological polar surface area (TPSA) is 51.8 Å². The summed E-state index contributed by atoms with van der Waals surface area (Å²) >= 11 is 0. The molecule has 0 bridgehead atoms. The van der Waals surface area contributed by atoms with E-state index >= 15 is 0 Å². The van der Waals surface area contributed by atoms with Gasteiger partial charge < -0.3 is 4.42 Å². The summed E-state index contributed by atoms with van der Waals surface area (Å²) in [5.41, 5.74) is 9.25. The highest BCUT2D eigenvalue weighted by atomic mass is 16.3. The molecule has 5 aromatic carbocycles. The van der Waals surface area contributed by atoms with Crippen LogP contribution >= 0.6 is 0 Å². The fraction of sp³-hybridized carbons (Fsp3) is 0. The number of nitrogens with zero attached hydrogens (tertiary/aromatic N) is 3. The van der Waals surface area contributed by atoms with Crippen molar-refractivity contribution in [2.24, 2.45) is 0 Å². The maximum atomic E-state index is 6.53. The largest absolute Gasteiger partial charge is 0.455 e. The number of pyridine rings is 1. The van der Waals surface area contributed by atoms with Gasteiger partial charge in [0.25, 0.3) is 0 Å². The minimum atomic E-state index is 0.688. The molecule has 0 radical (unpaired) electrons. The highest BCUT2D eigenvalue weighted by Gasteiger charge is 2.19. The van der Waals surface area contributed by atoms with Crippen molar-refractivity contribution >= 4 is 32.8 Å². The fourth-order valence-electron chi connectivity index (χ4n) is 5.49. The highest BCUT2D eigenvalue weighted by Crippen LogP contribution is 2.40. The first kappa shape index (κ1) is 23.3. The van der Waals surface area contributed by atoms with Crippen LogP contribution in [0.3, 0.4) is 0 Å². The number of hydrogen-bond donors (Lipinski definition) is 0. The third-order valence-electron chi connectivity index (χ3n) is 7.48. The Balaban J connectivity index is 1.39. The van der Waals surface area contributed by atoms with E-state index in [0.717, 1.165) is 72.2 Å². The summed E-state index contributed by atoms with van der Waals surface area (Å²) in [4.78, 5) is 15.1. The Labute approximate surface area is 236 Å². The molecule has 0 saturated carbocycles. The van der Waals surface area contributed by atoms with Gasteiger partial charge in [0, 0.05) is 33.0 Å². The zero-order chi connectivity index (χ0) is 27.2. The van der Waals surface area contributed by atoms with Crippen LogP contribution in [0.4, 0.5) is 0 Å². The summed E-state index contributed by atoms with van der Waals surface area (Å²) in [7, 11) is 0. The second-order valence-corrected chi connectivity index (χ2v) is 10.1. The van der Waals surface area contributed by atoms with E-state index in [-0.39, 0.29) is 0 Å². The molecule has 0 N–H and O–H groups in total. The summed E-state index contributed by atoms with van der Waals surface area (Å²) in [6.45, 7) is 0. The standard InChI is InChI=1S/C37H23N3O/c1-4-12-24(13-5-1)31-23-32(40-37(39-31)26-16-8-3-9-17-26)27-20-21-30-29(22-27)36-34(28-18-10-11-19-33(28)41-36)35(38-30)25-14-6-2-7-15-25/h1-23H. The molecule has 0 fully saturated rings. The third-order valence-corrected chi connectivity index (χ3v) is 7.48. The molecule has 8 rings (SSSR count). The molecule has 192 valence electrons. The van der Waals surface area contributed by atoms with Gasteiger partial charge >= 0.3 is 0 Å².